The van der Waals surface area contributed by atoms with Gasteiger partial charge in [-0.25, -0.2) is 0 Å². The Kier molecular flexibility index (Phi) is 5.50. The molecular weight excluding hydrogens is 386 g/mol. The molecule has 0 heterocycles. The van der Waals surface area contributed by atoms with Crippen LogP contribution in [0, 0.1) is 10.1 Å². The van der Waals surface area contributed by atoms with E-state index in [0.29, 0.717) is 24.3 Å². The minimum Gasteiger partial charge on any atom is -0.493 e. The molecule has 0 amide bonds. The smallest absolute Gasteiger partial charge is 0.277 e. The fraction of sp³-hybridized carbons (Fsp3) is 0.158. The maximum Gasteiger partial charge on any atom is 0.277 e. The van der Waals surface area contributed by atoms with E-state index < -0.39 is 0 Å². The topological polar surface area (TPSA) is 61.6 Å². The second-order valence-corrected chi connectivity index (χ2v) is 6.15. The lowest BCUT2D eigenvalue weighted by Crippen LogP contribution is -1.99. The summed E-state index contributed by atoms with van der Waals surface area (Å²) in [6.07, 6.45) is 0. The van der Waals surface area contributed by atoms with Crippen molar-refractivity contribution < 1.29 is 14.4 Å². The molecule has 0 radical (unpaired) electrons. The molecule has 0 saturated carbocycles. The maximum absolute atomic E-state index is 11.2. The lowest BCUT2D eigenvalue weighted by Gasteiger charge is -2.10. The number of fused-ring (bicyclic) bond motifs is 1. The molecule has 0 aliphatic heterocycles. The third kappa shape index (κ3) is 4.09. The van der Waals surface area contributed by atoms with E-state index in [9.17, 15) is 10.1 Å². The van der Waals surface area contributed by atoms with E-state index in [0.717, 1.165) is 22.0 Å². The van der Waals surface area contributed by atoms with Crippen LogP contribution in [0.4, 0.5) is 5.69 Å². The van der Waals surface area contributed by atoms with Crippen LogP contribution in [0.5, 0.6) is 11.5 Å². The van der Waals surface area contributed by atoms with E-state index in [1.807, 2.05) is 36.4 Å². The summed E-state index contributed by atoms with van der Waals surface area (Å²) in [7, 11) is 0. The van der Waals surface area contributed by atoms with Gasteiger partial charge in [0.1, 0.15) is 18.1 Å². The van der Waals surface area contributed by atoms with Crippen molar-refractivity contribution in [3.8, 4) is 11.5 Å². The number of rotatable bonds is 7. The van der Waals surface area contributed by atoms with Gasteiger partial charge in [-0.3, -0.25) is 10.1 Å². The van der Waals surface area contributed by atoms with E-state index in [1.165, 1.54) is 6.07 Å². The Labute approximate surface area is 153 Å². The molecule has 0 spiro atoms. The first-order valence-electron chi connectivity index (χ1n) is 7.75. The fourth-order valence-electron chi connectivity index (χ4n) is 2.54. The largest absolute Gasteiger partial charge is 0.493 e. The molecule has 3 aromatic carbocycles. The number of benzene rings is 3. The number of hydrogen-bond acceptors (Lipinski definition) is 4. The van der Waals surface area contributed by atoms with Crippen molar-refractivity contribution in [2.24, 2.45) is 0 Å². The molecule has 0 fully saturated rings. The van der Waals surface area contributed by atoms with Crippen molar-refractivity contribution in [2.75, 3.05) is 11.9 Å². The van der Waals surface area contributed by atoms with Gasteiger partial charge < -0.3 is 9.47 Å². The van der Waals surface area contributed by atoms with Gasteiger partial charge in [-0.2, -0.15) is 0 Å². The SMILES string of the molecule is O=[N+]([O-])c1ccc(OCc2ccc(OCCBr)cc2)c2ccccc12. The molecule has 0 aliphatic carbocycles. The highest BCUT2D eigenvalue weighted by Crippen LogP contribution is 2.33. The van der Waals surface area contributed by atoms with Crippen LogP contribution >= 0.6 is 15.9 Å². The number of ether oxygens (including phenoxy) is 2. The van der Waals surface area contributed by atoms with Gasteiger partial charge in [0.25, 0.3) is 5.69 Å². The van der Waals surface area contributed by atoms with Crippen molar-refractivity contribution in [1.82, 2.24) is 0 Å². The highest BCUT2D eigenvalue weighted by molar-refractivity contribution is 9.09. The van der Waals surface area contributed by atoms with E-state index in [1.54, 1.807) is 18.2 Å². The first-order chi connectivity index (χ1) is 12.2. The van der Waals surface area contributed by atoms with Crippen LogP contribution in [-0.2, 0) is 6.61 Å². The summed E-state index contributed by atoms with van der Waals surface area (Å²) >= 11 is 3.32. The van der Waals surface area contributed by atoms with Crippen LogP contribution in [0.2, 0.25) is 0 Å². The normalized spacial score (nSPS) is 10.6. The number of hydrogen-bond donors (Lipinski definition) is 0. The average molecular weight is 402 g/mol. The molecule has 128 valence electrons. The predicted octanol–water partition coefficient (Wildman–Crippen LogP) is 5.10. The highest BCUT2D eigenvalue weighted by Gasteiger charge is 2.14. The van der Waals surface area contributed by atoms with E-state index in [2.05, 4.69) is 15.9 Å². The summed E-state index contributed by atoms with van der Waals surface area (Å²) in [4.78, 5) is 10.8. The molecule has 3 rings (SSSR count). The Morgan fingerprint density at radius 3 is 2.32 bits per heavy atom. The summed E-state index contributed by atoms with van der Waals surface area (Å²) in [5.41, 5.74) is 1.07. The lowest BCUT2D eigenvalue weighted by molar-refractivity contribution is -0.383. The van der Waals surface area contributed by atoms with E-state index in [-0.39, 0.29) is 10.6 Å². The number of alkyl halides is 1. The molecule has 0 bridgehead atoms. The zero-order chi connectivity index (χ0) is 17.6. The van der Waals surface area contributed by atoms with E-state index >= 15 is 0 Å². The second kappa shape index (κ2) is 7.98. The van der Waals surface area contributed by atoms with Crippen molar-refractivity contribution >= 4 is 32.4 Å². The van der Waals surface area contributed by atoms with Crippen LogP contribution in [0.3, 0.4) is 0 Å². The zero-order valence-corrected chi connectivity index (χ0v) is 14.9. The van der Waals surface area contributed by atoms with Gasteiger partial charge in [0, 0.05) is 16.8 Å². The van der Waals surface area contributed by atoms with Gasteiger partial charge in [-0.1, -0.05) is 46.3 Å². The Morgan fingerprint density at radius 1 is 0.920 bits per heavy atom. The number of halogens is 1. The Hall–Kier alpha value is -2.60. The van der Waals surface area contributed by atoms with Gasteiger partial charge in [-0.15, -0.1) is 0 Å². The molecule has 0 aromatic heterocycles. The molecule has 0 N–H and O–H groups in total. The zero-order valence-electron chi connectivity index (χ0n) is 13.4. The van der Waals surface area contributed by atoms with Crippen molar-refractivity contribution in [1.29, 1.82) is 0 Å². The number of non-ortho nitro benzene ring substituents is 1. The molecule has 25 heavy (non-hydrogen) atoms. The van der Waals surface area contributed by atoms with Crippen LogP contribution < -0.4 is 9.47 Å². The summed E-state index contributed by atoms with van der Waals surface area (Å²) in [6, 6.07) is 18.0. The summed E-state index contributed by atoms with van der Waals surface area (Å²) in [5.74, 6) is 1.44. The number of nitro benzene ring substituents is 1. The predicted molar refractivity (Wildman–Crippen MR) is 101 cm³/mol. The third-order valence-corrected chi connectivity index (χ3v) is 4.05. The Bertz CT molecular complexity index is 880. The molecular formula is C19H16BrNO4. The van der Waals surface area contributed by atoms with Gasteiger partial charge in [-0.05, 0) is 29.8 Å². The van der Waals surface area contributed by atoms with Crippen LogP contribution in [0.1, 0.15) is 5.56 Å². The van der Waals surface area contributed by atoms with Crippen molar-refractivity contribution in [2.45, 2.75) is 6.61 Å². The van der Waals surface area contributed by atoms with Crippen LogP contribution in [0.25, 0.3) is 10.8 Å². The van der Waals surface area contributed by atoms with E-state index in [4.69, 9.17) is 9.47 Å². The molecule has 0 saturated heterocycles. The molecule has 6 heteroatoms. The van der Waals surface area contributed by atoms with Gasteiger partial charge in [0.05, 0.1) is 16.9 Å². The number of nitrogens with zero attached hydrogens (tertiary/aromatic N) is 1. The monoisotopic (exact) mass is 401 g/mol. The fourth-order valence-corrected chi connectivity index (χ4v) is 2.70. The molecule has 0 aliphatic rings. The summed E-state index contributed by atoms with van der Waals surface area (Å²) in [6.45, 7) is 0.991. The number of nitro groups is 1. The minimum atomic E-state index is -0.377. The standard InChI is InChI=1S/C19H16BrNO4/c20-11-12-24-15-7-5-14(6-8-15)13-25-19-10-9-18(21(22)23)16-3-1-2-4-17(16)19/h1-10H,11-13H2. The van der Waals surface area contributed by atoms with Crippen molar-refractivity contribution in [3.05, 3.63) is 76.3 Å². The maximum atomic E-state index is 11.2. The first kappa shape index (κ1) is 17.2. The summed E-state index contributed by atoms with van der Waals surface area (Å²) in [5, 5.41) is 13.2. The van der Waals surface area contributed by atoms with Gasteiger partial charge >= 0.3 is 0 Å². The Morgan fingerprint density at radius 2 is 1.64 bits per heavy atom. The summed E-state index contributed by atoms with van der Waals surface area (Å²) < 4.78 is 11.4. The molecule has 3 aromatic rings. The Balaban J connectivity index is 1.77. The quantitative estimate of drug-likeness (QED) is 0.313. The molecule has 0 atom stereocenters. The van der Waals surface area contributed by atoms with Crippen molar-refractivity contribution in [3.63, 3.8) is 0 Å². The minimum absolute atomic E-state index is 0.0799. The third-order valence-electron chi connectivity index (χ3n) is 3.72. The van der Waals surface area contributed by atoms with Crippen LogP contribution in [-0.4, -0.2) is 16.9 Å². The van der Waals surface area contributed by atoms with Gasteiger partial charge in [0.15, 0.2) is 0 Å². The molecule has 0 unspecified atom stereocenters. The first-order valence-corrected chi connectivity index (χ1v) is 8.88. The van der Waals surface area contributed by atoms with Gasteiger partial charge in [0.2, 0.25) is 0 Å². The molecule has 5 nitrogen and oxygen atoms in total. The van der Waals surface area contributed by atoms with Crippen LogP contribution in [0.15, 0.2) is 60.7 Å². The average Bonchev–Trinajstić information content (AvgIpc) is 2.65. The second-order valence-electron chi connectivity index (χ2n) is 5.36. The highest BCUT2D eigenvalue weighted by atomic mass is 79.9. The lowest BCUT2D eigenvalue weighted by atomic mass is 10.1.